The first-order valence-electron chi connectivity index (χ1n) is 21.7. The molecule has 0 spiro atoms. The largest absolute Gasteiger partial charge is 0.0622 e. The predicted molar refractivity (Wildman–Crippen MR) is 239 cm³/mol. The van der Waals surface area contributed by atoms with Crippen molar-refractivity contribution in [3.63, 3.8) is 0 Å². The van der Waals surface area contributed by atoms with E-state index in [1.54, 1.807) is 27.1 Å². The van der Waals surface area contributed by atoms with E-state index in [2.05, 4.69) is 147 Å². The molecule has 0 amide bonds. The van der Waals surface area contributed by atoms with Crippen LogP contribution in [0.25, 0.3) is 11.1 Å². The van der Waals surface area contributed by atoms with E-state index < -0.39 is 26.9 Å². The van der Waals surface area contributed by atoms with E-state index in [1.165, 1.54) is 120 Å². The van der Waals surface area contributed by atoms with Gasteiger partial charge >= 0.3 is 226 Å². The zero-order valence-electron chi connectivity index (χ0n) is 34.7. The van der Waals surface area contributed by atoms with Crippen molar-refractivity contribution in [1.82, 2.24) is 3.30 Å². The summed E-state index contributed by atoms with van der Waals surface area (Å²) in [6.07, 6.45) is 22.9. The Morgan fingerprint density at radius 3 is 1.17 bits per heavy atom. The van der Waals surface area contributed by atoms with Crippen LogP contribution in [-0.4, -0.2) is 12.5 Å². The van der Waals surface area contributed by atoms with E-state index in [9.17, 15) is 0 Å². The van der Waals surface area contributed by atoms with Gasteiger partial charge in [-0.1, -0.05) is 106 Å². The number of benzene rings is 4. The molecule has 0 aromatic heterocycles. The van der Waals surface area contributed by atoms with Crippen molar-refractivity contribution in [2.75, 3.05) is 6.54 Å². The van der Waals surface area contributed by atoms with Gasteiger partial charge in [-0.05, 0) is 11.1 Å². The molecule has 0 heterocycles. The summed E-state index contributed by atoms with van der Waals surface area (Å²) in [6.45, 7) is 13.2. The van der Waals surface area contributed by atoms with Crippen LogP contribution in [0.2, 0.25) is 0 Å². The van der Waals surface area contributed by atoms with Crippen molar-refractivity contribution in [2.24, 2.45) is 5.92 Å². The van der Waals surface area contributed by atoms with Gasteiger partial charge in [0.2, 0.25) is 0 Å². The maximum absolute atomic E-state index is 4.40. The maximum atomic E-state index is 4.40. The number of unbranched alkanes of at least 4 members (excludes halogenated alkanes) is 15. The van der Waals surface area contributed by atoms with Gasteiger partial charge in [0.05, 0.1) is 0 Å². The summed E-state index contributed by atoms with van der Waals surface area (Å²) in [5, 5.41) is 3.28. The summed E-state index contributed by atoms with van der Waals surface area (Å²) < 4.78 is 6.27. The van der Waals surface area contributed by atoms with Crippen LogP contribution in [-0.2, 0) is 20.9 Å². The second-order valence-corrected chi connectivity index (χ2v) is 35.0. The molecular weight excluding hydrogens is 833 g/mol. The summed E-state index contributed by atoms with van der Waals surface area (Å²) in [5.41, 5.74) is 7.36. The van der Waals surface area contributed by atoms with Crippen LogP contribution in [0.4, 0.5) is 0 Å². The Balaban J connectivity index is 0.000000453. The van der Waals surface area contributed by atoms with Crippen molar-refractivity contribution >= 4 is 16.4 Å². The molecule has 4 aromatic rings. The first kappa shape index (κ1) is 44.1. The minimum absolute atomic E-state index is 0.618. The van der Waals surface area contributed by atoms with Crippen LogP contribution in [0.1, 0.15) is 137 Å². The molecular formula is C51H72HfNSi. The van der Waals surface area contributed by atoms with E-state index in [1.807, 2.05) is 15.5 Å². The minimum atomic E-state index is -2.40. The van der Waals surface area contributed by atoms with Crippen molar-refractivity contribution in [1.29, 1.82) is 0 Å². The second kappa shape index (κ2) is 26.3. The van der Waals surface area contributed by atoms with Gasteiger partial charge in [0, 0.05) is 0 Å². The summed E-state index contributed by atoms with van der Waals surface area (Å²) >= 11 is -2.40. The molecule has 1 aliphatic carbocycles. The average Bonchev–Trinajstić information content (AvgIpc) is 3.41. The van der Waals surface area contributed by atoms with Crippen molar-refractivity contribution in [3.05, 3.63) is 141 Å². The third-order valence-corrected chi connectivity index (χ3v) is 39.3. The predicted octanol–water partition coefficient (Wildman–Crippen LogP) is 13.5. The molecule has 0 saturated heterocycles. The van der Waals surface area contributed by atoms with E-state index >= 15 is 0 Å². The molecule has 0 fully saturated rings. The molecule has 0 bridgehead atoms. The van der Waals surface area contributed by atoms with Crippen molar-refractivity contribution in [2.45, 2.75) is 137 Å². The zero-order valence-corrected chi connectivity index (χ0v) is 39.5. The third kappa shape index (κ3) is 14.8. The van der Waals surface area contributed by atoms with Gasteiger partial charge in [-0.2, -0.15) is 0 Å². The Morgan fingerprint density at radius 1 is 0.463 bits per heavy atom. The summed E-state index contributed by atoms with van der Waals surface area (Å²) in [7, 11) is 0. The number of allylic oxidation sites excluding steroid dienone is 4. The Bertz CT molecular complexity index is 1540. The van der Waals surface area contributed by atoms with E-state index in [0.717, 1.165) is 0 Å². The van der Waals surface area contributed by atoms with Crippen molar-refractivity contribution in [3.8, 4) is 11.1 Å². The van der Waals surface area contributed by atoms with E-state index in [0.29, 0.717) is 5.92 Å². The Hall–Kier alpha value is -2.59. The van der Waals surface area contributed by atoms with Crippen LogP contribution in [0, 0.1) is 5.92 Å². The topological polar surface area (TPSA) is 12.0 Å². The van der Waals surface area contributed by atoms with Gasteiger partial charge in [0.15, 0.2) is 0 Å². The van der Waals surface area contributed by atoms with E-state index in [4.69, 9.17) is 0 Å². The molecule has 1 atom stereocenters. The van der Waals surface area contributed by atoms with Crippen LogP contribution < -0.4 is 13.7 Å². The average molecular weight is 906 g/mol. The van der Waals surface area contributed by atoms with Crippen LogP contribution in [0.15, 0.2) is 141 Å². The maximum Gasteiger partial charge on any atom is -0.0184 e. The van der Waals surface area contributed by atoms with E-state index in [-0.39, 0.29) is 0 Å². The van der Waals surface area contributed by atoms with Crippen LogP contribution in [0.3, 0.4) is 0 Å². The Labute approximate surface area is 340 Å². The first-order valence-corrected chi connectivity index (χ1v) is 33.3. The third-order valence-electron chi connectivity index (χ3n) is 11.7. The van der Waals surface area contributed by atoms with Gasteiger partial charge in [-0.3, -0.25) is 0 Å². The van der Waals surface area contributed by atoms with Gasteiger partial charge < -0.3 is 0 Å². The first-order chi connectivity index (χ1) is 26.5. The minimum Gasteiger partial charge on any atom is -0.0622 e. The molecule has 1 N–H and O–H groups in total. The molecule has 1 nitrogen and oxygen atoms in total. The monoisotopic (exact) mass is 906 g/mol. The van der Waals surface area contributed by atoms with Crippen LogP contribution in [0.5, 0.6) is 0 Å². The molecule has 4 aromatic carbocycles. The van der Waals surface area contributed by atoms with Gasteiger partial charge in [0.25, 0.3) is 0 Å². The summed E-state index contributed by atoms with van der Waals surface area (Å²) in [4.78, 5) is 0. The van der Waals surface area contributed by atoms with Gasteiger partial charge in [0.1, 0.15) is 0 Å². The number of rotatable bonds is 23. The number of hydrogen-bond donors (Lipinski definition) is 1. The van der Waals surface area contributed by atoms with Gasteiger partial charge in [-0.25, -0.2) is 0 Å². The number of hydrogen-bond acceptors (Lipinski definition) is 1. The Morgan fingerprint density at radius 2 is 0.815 bits per heavy atom. The van der Waals surface area contributed by atoms with Gasteiger partial charge in [-0.15, -0.1) is 0 Å². The SMILES string of the molecule is CCCCCCCCCCCCCCCCCC[NH][Hf]([C]1=C(C)C(C)=C(C)C1C)[SiH](c1ccccc1)c1ccccc1.c1ccc(-c2ccccc2)cc1. The van der Waals surface area contributed by atoms with Crippen LogP contribution >= 0.6 is 0 Å². The summed E-state index contributed by atoms with van der Waals surface area (Å²) in [5.74, 6) is -0.710. The molecule has 1 aliphatic rings. The quantitative estimate of drug-likeness (QED) is 0.0578. The second-order valence-electron chi connectivity index (χ2n) is 15.7. The molecule has 0 aliphatic heterocycles. The number of nitrogens with one attached hydrogen (secondary N) is 1. The molecule has 1 unspecified atom stereocenters. The smallest absolute Gasteiger partial charge is 0.0184 e. The van der Waals surface area contributed by atoms with Crippen molar-refractivity contribution < 1.29 is 20.9 Å². The molecule has 3 heteroatoms. The molecule has 0 saturated carbocycles. The fourth-order valence-electron chi connectivity index (χ4n) is 8.13. The fraction of sp³-hybridized carbons (Fsp3) is 0.451. The molecule has 0 radical (unpaired) electrons. The normalized spacial score (nSPS) is 14.1. The zero-order chi connectivity index (χ0) is 38.2. The fourth-order valence-corrected chi connectivity index (χ4v) is 39.7. The molecule has 289 valence electrons. The molecule has 54 heavy (non-hydrogen) atoms. The molecule has 5 rings (SSSR count). The standard InChI is InChI=1S/C18H38N.C12H11Si.C12H10.C9H13.Hf/c1-2-3-4-5-6-7-8-9-10-11-12-13-14-15-16-17-18-19;1-3-7-11(8-4-1)13-12-9-5-2-6-10-12;1-3-7-11(8-4-1)12-9-5-2-6-10-12;1-6-5-7(2)9(4)8(6)3;/h19H,2-18H2,1H3;1-10,13H;1-10H;6H,1-4H3;/q-1;;;;+1. The Kier molecular flexibility index (Phi) is 21.5. The summed E-state index contributed by atoms with van der Waals surface area (Å²) in [6, 6.07) is 44.0.